The molecular weight excluding hydrogens is 430 g/mol. The number of amides is 1. The Morgan fingerprint density at radius 2 is 1.91 bits per heavy atom. The predicted octanol–water partition coefficient (Wildman–Crippen LogP) is 0.690. The number of carbonyl (C=O) groups excluding carboxylic acids is 1. The molecule has 1 atom stereocenters. The summed E-state index contributed by atoms with van der Waals surface area (Å²) in [5.41, 5.74) is 2.29. The molecular formula is C21H33N7O3S. The van der Waals surface area contributed by atoms with Gasteiger partial charge in [0, 0.05) is 77.4 Å². The molecule has 4 rings (SSSR count). The standard InChI is InChI=1S/C21H33N7O3S/c1-4-27-14-19(17(2)23-27)13-25-8-10-26(11-9-25)21(29)18-6-5-7-28(15-18)32(30,31)20-12-22-24(3)16-20/h12,14,16,18H,4-11,13,15H2,1-3H3. The number of hydrogen-bond donors (Lipinski definition) is 0. The van der Waals surface area contributed by atoms with Crippen LogP contribution in [0.5, 0.6) is 0 Å². The first-order valence-corrected chi connectivity index (χ1v) is 12.7. The second kappa shape index (κ2) is 9.32. The molecule has 176 valence electrons. The van der Waals surface area contributed by atoms with E-state index < -0.39 is 10.0 Å². The Labute approximate surface area is 189 Å². The van der Waals surface area contributed by atoms with E-state index in [1.165, 1.54) is 26.9 Å². The maximum absolute atomic E-state index is 13.2. The maximum Gasteiger partial charge on any atom is 0.246 e. The zero-order chi connectivity index (χ0) is 22.9. The topological polar surface area (TPSA) is 96.6 Å². The van der Waals surface area contributed by atoms with Gasteiger partial charge in [-0.25, -0.2) is 8.42 Å². The fourth-order valence-corrected chi connectivity index (χ4v) is 6.06. The maximum atomic E-state index is 13.2. The summed E-state index contributed by atoms with van der Waals surface area (Å²) >= 11 is 0. The molecule has 0 radical (unpaired) electrons. The Bertz CT molecular complexity index is 1050. The van der Waals surface area contributed by atoms with Gasteiger partial charge in [0.1, 0.15) is 4.90 Å². The summed E-state index contributed by atoms with van der Waals surface area (Å²) in [4.78, 5) is 17.6. The lowest BCUT2D eigenvalue weighted by Gasteiger charge is -2.38. The number of aryl methyl sites for hydroxylation is 3. The summed E-state index contributed by atoms with van der Waals surface area (Å²) in [6.07, 6.45) is 6.40. The van der Waals surface area contributed by atoms with Crippen molar-refractivity contribution in [2.24, 2.45) is 13.0 Å². The number of piperazine rings is 1. The quantitative estimate of drug-likeness (QED) is 0.625. The van der Waals surface area contributed by atoms with Crippen LogP contribution in [-0.2, 0) is 35.0 Å². The molecule has 2 aromatic rings. The smallest absolute Gasteiger partial charge is 0.246 e. The zero-order valence-electron chi connectivity index (χ0n) is 19.1. The SMILES string of the molecule is CCn1cc(CN2CCN(C(=O)C3CCCN(S(=O)(=O)c4cnn(C)c4)C3)CC2)c(C)n1. The van der Waals surface area contributed by atoms with Crippen molar-refractivity contribution in [3.8, 4) is 0 Å². The minimum absolute atomic E-state index is 0.0747. The molecule has 2 aliphatic heterocycles. The summed E-state index contributed by atoms with van der Waals surface area (Å²) in [6.45, 7) is 9.47. The number of piperidine rings is 1. The molecule has 2 aliphatic rings. The van der Waals surface area contributed by atoms with Gasteiger partial charge >= 0.3 is 0 Å². The molecule has 1 amide bonds. The Morgan fingerprint density at radius 1 is 1.16 bits per heavy atom. The van der Waals surface area contributed by atoms with Crippen molar-refractivity contribution in [1.82, 2.24) is 33.7 Å². The van der Waals surface area contributed by atoms with Crippen LogP contribution in [0, 0.1) is 12.8 Å². The van der Waals surface area contributed by atoms with Crippen molar-refractivity contribution in [2.75, 3.05) is 39.3 Å². The molecule has 4 heterocycles. The van der Waals surface area contributed by atoms with Crippen LogP contribution >= 0.6 is 0 Å². The molecule has 0 N–H and O–H groups in total. The molecule has 0 saturated carbocycles. The average Bonchev–Trinajstić information content (AvgIpc) is 3.39. The monoisotopic (exact) mass is 463 g/mol. The summed E-state index contributed by atoms with van der Waals surface area (Å²) < 4.78 is 30.8. The third-order valence-corrected chi connectivity index (χ3v) is 8.32. The molecule has 2 fully saturated rings. The number of rotatable bonds is 6. The van der Waals surface area contributed by atoms with Crippen molar-refractivity contribution in [2.45, 2.75) is 44.7 Å². The van der Waals surface area contributed by atoms with E-state index >= 15 is 0 Å². The van der Waals surface area contributed by atoms with Gasteiger partial charge in [-0.15, -0.1) is 0 Å². The summed E-state index contributed by atoms with van der Waals surface area (Å²) in [5, 5.41) is 8.50. The second-order valence-electron chi connectivity index (χ2n) is 8.75. The fourth-order valence-electron chi connectivity index (χ4n) is 4.55. The van der Waals surface area contributed by atoms with E-state index in [1.54, 1.807) is 7.05 Å². The lowest BCUT2D eigenvalue weighted by molar-refractivity contribution is -0.138. The Hall–Kier alpha value is -2.24. The predicted molar refractivity (Wildman–Crippen MR) is 119 cm³/mol. The lowest BCUT2D eigenvalue weighted by atomic mass is 9.97. The van der Waals surface area contributed by atoms with Gasteiger partial charge in [-0.3, -0.25) is 19.1 Å². The molecule has 10 nitrogen and oxygen atoms in total. The number of nitrogens with zero attached hydrogens (tertiary/aromatic N) is 7. The van der Waals surface area contributed by atoms with Gasteiger partial charge in [-0.2, -0.15) is 14.5 Å². The third kappa shape index (κ3) is 4.74. The van der Waals surface area contributed by atoms with Crippen LogP contribution < -0.4 is 0 Å². The largest absolute Gasteiger partial charge is 0.340 e. The summed E-state index contributed by atoms with van der Waals surface area (Å²) in [6, 6.07) is 0. The highest BCUT2D eigenvalue weighted by atomic mass is 32.2. The molecule has 0 spiro atoms. The van der Waals surface area contributed by atoms with Crippen molar-refractivity contribution in [3.05, 3.63) is 29.8 Å². The highest BCUT2D eigenvalue weighted by Crippen LogP contribution is 2.25. The zero-order valence-corrected chi connectivity index (χ0v) is 20.0. The molecule has 32 heavy (non-hydrogen) atoms. The van der Waals surface area contributed by atoms with E-state index in [1.807, 2.05) is 16.5 Å². The van der Waals surface area contributed by atoms with Crippen LogP contribution in [0.3, 0.4) is 0 Å². The van der Waals surface area contributed by atoms with Crippen LogP contribution in [0.2, 0.25) is 0 Å². The van der Waals surface area contributed by atoms with Gasteiger partial charge in [0.15, 0.2) is 0 Å². The van der Waals surface area contributed by atoms with E-state index in [0.29, 0.717) is 26.1 Å². The van der Waals surface area contributed by atoms with Crippen LogP contribution in [0.4, 0.5) is 0 Å². The van der Waals surface area contributed by atoms with Crippen LogP contribution in [0.1, 0.15) is 31.0 Å². The minimum Gasteiger partial charge on any atom is -0.340 e. The normalized spacial score (nSPS) is 21.2. The lowest BCUT2D eigenvalue weighted by Crippen LogP contribution is -2.52. The van der Waals surface area contributed by atoms with Gasteiger partial charge in [0.25, 0.3) is 0 Å². The molecule has 2 saturated heterocycles. The average molecular weight is 464 g/mol. The van der Waals surface area contributed by atoms with E-state index in [-0.39, 0.29) is 23.3 Å². The summed E-state index contributed by atoms with van der Waals surface area (Å²) in [7, 11) is -1.93. The summed E-state index contributed by atoms with van der Waals surface area (Å²) in [5.74, 6) is -0.211. The first-order chi connectivity index (χ1) is 15.3. The van der Waals surface area contributed by atoms with E-state index in [4.69, 9.17) is 0 Å². The van der Waals surface area contributed by atoms with Crippen molar-refractivity contribution >= 4 is 15.9 Å². The highest BCUT2D eigenvalue weighted by Gasteiger charge is 2.36. The molecule has 2 aromatic heterocycles. The number of aromatic nitrogens is 4. The van der Waals surface area contributed by atoms with Gasteiger partial charge < -0.3 is 4.90 Å². The second-order valence-corrected chi connectivity index (χ2v) is 10.7. The fraction of sp³-hybridized carbons (Fsp3) is 0.667. The van der Waals surface area contributed by atoms with E-state index in [9.17, 15) is 13.2 Å². The van der Waals surface area contributed by atoms with Crippen LogP contribution in [0.25, 0.3) is 0 Å². The van der Waals surface area contributed by atoms with Crippen molar-refractivity contribution in [1.29, 1.82) is 0 Å². The Kier molecular flexibility index (Phi) is 6.68. The number of sulfonamides is 1. The van der Waals surface area contributed by atoms with Crippen molar-refractivity contribution in [3.63, 3.8) is 0 Å². The first kappa shape index (κ1) is 22.9. The van der Waals surface area contributed by atoms with E-state index in [0.717, 1.165) is 38.3 Å². The molecule has 0 aliphatic carbocycles. The minimum atomic E-state index is -3.62. The molecule has 11 heteroatoms. The van der Waals surface area contributed by atoms with Gasteiger partial charge in [-0.1, -0.05) is 0 Å². The highest BCUT2D eigenvalue weighted by molar-refractivity contribution is 7.89. The first-order valence-electron chi connectivity index (χ1n) is 11.3. The van der Waals surface area contributed by atoms with Crippen LogP contribution in [0.15, 0.2) is 23.5 Å². The van der Waals surface area contributed by atoms with Crippen LogP contribution in [-0.4, -0.2) is 87.3 Å². The molecule has 0 bridgehead atoms. The Balaban J connectivity index is 1.33. The van der Waals surface area contributed by atoms with Gasteiger partial charge in [0.2, 0.25) is 15.9 Å². The number of hydrogen-bond acceptors (Lipinski definition) is 6. The molecule has 1 unspecified atom stereocenters. The molecule has 0 aromatic carbocycles. The van der Waals surface area contributed by atoms with Gasteiger partial charge in [0.05, 0.1) is 17.8 Å². The van der Waals surface area contributed by atoms with E-state index in [2.05, 4.69) is 28.2 Å². The van der Waals surface area contributed by atoms with Crippen molar-refractivity contribution < 1.29 is 13.2 Å². The van der Waals surface area contributed by atoms with Gasteiger partial charge in [-0.05, 0) is 26.7 Å². The third-order valence-electron chi connectivity index (χ3n) is 6.50. The number of carbonyl (C=O) groups is 1. The Morgan fingerprint density at radius 3 is 2.53 bits per heavy atom.